The summed E-state index contributed by atoms with van der Waals surface area (Å²) in [7, 11) is 0. The summed E-state index contributed by atoms with van der Waals surface area (Å²) in [6.45, 7) is 8.90. The Balaban J connectivity index is 2.00. The molecule has 164 valence electrons. The van der Waals surface area contributed by atoms with Crippen molar-refractivity contribution in [2.75, 3.05) is 4.90 Å². The molecular formula is C24H28N2O5. The van der Waals surface area contributed by atoms with Crippen molar-refractivity contribution in [2.24, 2.45) is 0 Å². The molecule has 31 heavy (non-hydrogen) atoms. The van der Waals surface area contributed by atoms with Crippen molar-refractivity contribution in [3.05, 3.63) is 53.6 Å². The highest BCUT2D eigenvalue weighted by atomic mass is 16.6. The topological polar surface area (TPSA) is 95.9 Å². The first-order valence-electron chi connectivity index (χ1n) is 10.2. The summed E-state index contributed by atoms with van der Waals surface area (Å²) < 4.78 is 5.43. The summed E-state index contributed by atoms with van der Waals surface area (Å²) in [6.07, 6.45) is 0.0379. The van der Waals surface area contributed by atoms with E-state index in [9.17, 15) is 14.4 Å². The molecule has 7 nitrogen and oxygen atoms in total. The maximum atomic E-state index is 12.4. The second-order valence-electron chi connectivity index (χ2n) is 8.83. The Labute approximate surface area is 182 Å². The number of fused-ring (bicyclic) bond motifs is 1. The molecule has 0 fully saturated rings. The average molecular weight is 424 g/mol. The van der Waals surface area contributed by atoms with Crippen LogP contribution in [0.2, 0.25) is 0 Å². The van der Waals surface area contributed by atoms with Gasteiger partial charge in [-0.25, -0.2) is 9.59 Å². The maximum Gasteiger partial charge on any atom is 0.408 e. The van der Waals surface area contributed by atoms with E-state index in [1.54, 1.807) is 49.9 Å². The molecule has 2 aromatic carbocycles. The van der Waals surface area contributed by atoms with E-state index >= 15 is 0 Å². The van der Waals surface area contributed by atoms with Crippen molar-refractivity contribution in [3.8, 4) is 11.1 Å². The van der Waals surface area contributed by atoms with Gasteiger partial charge in [-0.2, -0.15) is 0 Å². The molecule has 1 aliphatic heterocycles. The van der Waals surface area contributed by atoms with Gasteiger partial charge in [0, 0.05) is 18.7 Å². The predicted octanol–water partition coefficient (Wildman–Crippen LogP) is 4.76. The van der Waals surface area contributed by atoms with Crippen molar-refractivity contribution in [3.63, 3.8) is 0 Å². The number of carboxylic acids is 1. The number of anilines is 1. The number of benzene rings is 2. The van der Waals surface area contributed by atoms with Crippen molar-refractivity contribution in [2.45, 2.75) is 58.7 Å². The van der Waals surface area contributed by atoms with Gasteiger partial charge in [0.25, 0.3) is 0 Å². The zero-order chi connectivity index (χ0) is 22.9. The van der Waals surface area contributed by atoms with Crippen LogP contribution < -0.4 is 10.2 Å². The fourth-order valence-corrected chi connectivity index (χ4v) is 3.92. The SMILES string of the molecule is CC(=O)N1c2ccc(-c3ccc(C(=O)O)cc3)cc2C(NC(=O)OC(C)(C)C)CC1C. The Kier molecular flexibility index (Phi) is 6.06. The van der Waals surface area contributed by atoms with Gasteiger partial charge in [0.05, 0.1) is 11.6 Å². The van der Waals surface area contributed by atoms with Crippen LogP contribution in [0.25, 0.3) is 11.1 Å². The molecule has 2 amide bonds. The molecule has 0 aromatic heterocycles. The lowest BCUT2D eigenvalue weighted by Crippen LogP contribution is -2.46. The van der Waals surface area contributed by atoms with Gasteiger partial charge in [-0.3, -0.25) is 4.79 Å². The molecule has 0 aliphatic carbocycles. The van der Waals surface area contributed by atoms with Crippen molar-refractivity contribution in [1.29, 1.82) is 0 Å². The number of carbonyl (C=O) groups excluding carboxylic acids is 2. The molecule has 3 rings (SSSR count). The fourth-order valence-electron chi connectivity index (χ4n) is 3.92. The lowest BCUT2D eigenvalue weighted by Gasteiger charge is -2.39. The van der Waals surface area contributed by atoms with Crippen molar-refractivity contribution < 1.29 is 24.2 Å². The van der Waals surface area contributed by atoms with Gasteiger partial charge in [0.2, 0.25) is 5.91 Å². The molecule has 1 heterocycles. The van der Waals surface area contributed by atoms with E-state index in [0.29, 0.717) is 6.42 Å². The first kappa shape index (κ1) is 22.3. The van der Waals surface area contributed by atoms with E-state index in [2.05, 4.69) is 5.32 Å². The van der Waals surface area contributed by atoms with E-state index in [1.165, 1.54) is 6.92 Å². The second kappa shape index (κ2) is 8.41. The van der Waals surface area contributed by atoms with Gasteiger partial charge in [-0.1, -0.05) is 18.2 Å². The molecule has 7 heteroatoms. The minimum Gasteiger partial charge on any atom is -0.478 e. The van der Waals surface area contributed by atoms with E-state index in [0.717, 1.165) is 22.4 Å². The largest absolute Gasteiger partial charge is 0.478 e. The van der Waals surface area contributed by atoms with Crippen LogP contribution in [0.1, 0.15) is 63.0 Å². The number of amides is 2. The van der Waals surface area contributed by atoms with Crippen LogP contribution in [-0.4, -0.2) is 34.7 Å². The number of rotatable bonds is 3. The van der Waals surface area contributed by atoms with Crippen LogP contribution in [-0.2, 0) is 9.53 Å². The first-order chi connectivity index (χ1) is 14.5. The Morgan fingerprint density at radius 2 is 1.68 bits per heavy atom. The van der Waals surface area contributed by atoms with E-state index < -0.39 is 17.7 Å². The summed E-state index contributed by atoms with van der Waals surface area (Å²) in [4.78, 5) is 37.6. The fraction of sp³-hybridized carbons (Fsp3) is 0.375. The van der Waals surface area contributed by atoms with Crippen LogP contribution in [0.5, 0.6) is 0 Å². The molecule has 0 saturated heterocycles. The van der Waals surface area contributed by atoms with Gasteiger partial charge in [-0.15, -0.1) is 0 Å². The van der Waals surface area contributed by atoms with Crippen LogP contribution >= 0.6 is 0 Å². The highest BCUT2D eigenvalue weighted by molar-refractivity contribution is 5.94. The molecule has 2 aromatic rings. The van der Waals surface area contributed by atoms with E-state index in [4.69, 9.17) is 9.84 Å². The molecule has 2 unspecified atom stereocenters. The summed E-state index contributed by atoms with van der Waals surface area (Å²) in [5.41, 5.74) is 2.87. The van der Waals surface area contributed by atoms with E-state index in [-0.39, 0.29) is 23.6 Å². The lowest BCUT2D eigenvalue weighted by atomic mass is 9.89. The highest BCUT2D eigenvalue weighted by Gasteiger charge is 2.34. The van der Waals surface area contributed by atoms with Crippen molar-refractivity contribution in [1.82, 2.24) is 5.32 Å². The van der Waals surface area contributed by atoms with Crippen LogP contribution in [0.3, 0.4) is 0 Å². The smallest absolute Gasteiger partial charge is 0.408 e. The summed E-state index contributed by atoms with van der Waals surface area (Å²) in [5, 5.41) is 12.1. The minimum atomic E-state index is -0.982. The number of carbonyl (C=O) groups is 3. The number of hydrogen-bond donors (Lipinski definition) is 2. The summed E-state index contributed by atoms with van der Waals surface area (Å²) >= 11 is 0. The standard InChI is InChI=1S/C24H28N2O5/c1-14-12-20(25-23(30)31-24(3,4)5)19-13-18(10-11-21(19)26(14)15(2)27)16-6-8-17(9-7-16)22(28)29/h6-11,13-14,20H,12H2,1-5H3,(H,25,30)(H,28,29). The van der Waals surface area contributed by atoms with Crippen LogP contribution in [0.4, 0.5) is 10.5 Å². The van der Waals surface area contributed by atoms with Gasteiger partial charge in [-0.05, 0) is 75.1 Å². The molecule has 0 saturated carbocycles. The summed E-state index contributed by atoms with van der Waals surface area (Å²) in [6, 6.07) is 11.9. The molecule has 0 spiro atoms. The van der Waals surface area contributed by atoms with Gasteiger partial charge in [0.15, 0.2) is 0 Å². The Hall–Kier alpha value is -3.35. The zero-order valence-corrected chi connectivity index (χ0v) is 18.4. The quantitative estimate of drug-likeness (QED) is 0.740. The molecule has 2 atom stereocenters. The first-order valence-corrected chi connectivity index (χ1v) is 10.2. The monoisotopic (exact) mass is 424 g/mol. The maximum absolute atomic E-state index is 12.4. The number of nitrogens with one attached hydrogen (secondary N) is 1. The lowest BCUT2D eigenvalue weighted by molar-refractivity contribution is -0.117. The third-order valence-corrected chi connectivity index (χ3v) is 5.18. The molecule has 2 N–H and O–H groups in total. The van der Waals surface area contributed by atoms with Crippen LogP contribution in [0.15, 0.2) is 42.5 Å². The van der Waals surface area contributed by atoms with Gasteiger partial charge < -0.3 is 20.1 Å². The third-order valence-electron chi connectivity index (χ3n) is 5.18. The Bertz CT molecular complexity index is 1010. The summed E-state index contributed by atoms with van der Waals surface area (Å²) in [5.74, 6) is -1.05. The molecule has 0 bridgehead atoms. The van der Waals surface area contributed by atoms with E-state index in [1.807, 2.05) is 25.1 Å². The number of hydrogen-bond acceptors (Lipinski definition) is 4. The number of aromatic carboxylic acids is 1. The molecule has 1 aliphatic rings. The number of carboxylic acid groups (broad SMARTS) is 1. The average Bonchev–Trinajstić information content (AvgIpc) is 2.66. The highest BCUT2D eigenvalue weighted by Crippen LogP contribution is 2.39. The van der Waals surface area contributed by atoms with Crippen LogP contribution in [0, 0.1) is 0 Å². The zero-order valence-electron chi connectivity index (χ0n) is 18.4. The normalized spacial score (nSPS) is 18.2. The van der Waals surface area contributed by atoms with Gasteiger partial charge in [0.1, 0.15) is 5.60 Å². The van der Waals surface area contributed by atoms with Gasteiger partial charge >= 0.3 is 12.1 Å². The minimum absolute atomic E-state index is 0.0666. The Morgan fingerprint density at radius 1 is 1.06 bits per heavy atom. The second-order valence-corrected chi connectivity index (χ2v) is 8.83. The Morgan fingerprint density at radius 3 is 2.23 bits per heavy atom. The van der Waals surface area contributed by atoms with Crippen molar-refractivity contribution >= 4 is 23.7 Å². The number of alkyl carbamates (subject to hydrolysis) is 1. The molecule has 0 radical (unpaired) electrons. The number of nitrogens with zero attached hydrogens (tertiary/aromatic N) is 1. The molecular weight excluding hydrogens is 396 g/mol. The third kappa shape index (κ3) is 5.05. The number of ether oxygens (including phenoxy) is 1. The predicted molar refractivity (Wildman–Crippen MR) is 118 cm³/mol.